The maximum absolute atomic E-state index is 12.0. The van der Waals surface area contributed by atoms with Gasteiger partial charge in [0.15, 0.2) is 0 Å². The maximum atomic E-state index is 12.0. The molecule has 0 aromatic carbocycles. The number of carbonyl (C=O) groups excluding carboxylic acids is 1. The number of likely N-dealkylation sites (tertiary alicyclic amines) is 1. The fourth-order valence-electron chi connectivity index (χ4n) is 2.91. The Morgan fingerprint density at radius 1 is 1.32 bits per heavy atom. The molecule has 0 atom stereocenters. The van der Waals surface area contributed by atoms with E-state index in [9.17, 15) is 4.79 Å². The molecule has 104 valence electrons. The number of hydrogen-bond donors (Lipinski definition) is 0. The number of aryl methyl sites for hydroxylation is 1. The number of piperidine rings is 1. The maximum Gasteiger partial charge on any atom is 0.225 e. The first-order valence-electron chi connectivity index (χ1n) is 7.43. The number of amides is 1. The molecule has 1 saturated heterocycles. The van der Waals surface area contributed by atoms with Gasteiger partial charge in [0.05, 0.1) is 0 Å². The molecule has 1 aliphatic carbocycles. The van der Waals surface area contributed by atoms with Gasteiger partial charge in [-0.3, -0.25) is 4.79 Å². The lowest BCUT2D eigenvalue weighted by molar-refractivity contribution is -0.133. The van der Waals surface area contributed by atoms with E-state index in [4.69, 9.17) is 0 Å². The fourth-order valence-corrected chi connectivity index (χ4v) is 2.91. The number of carbonyl (C=O) groups is 1. The topological polar surface area (TPSA) is 51.0 Å². The molecule has 2 heterocycles. The van der Waals surface area contributed by atoms with Gasteiger partial charge in [-0.2, -0.15) is 0 Å². The zero-order valence-electron chi connectivity index (χ0n) is 11.6. The SMILES string of the molecule is CCn1cnnc1CC1CCN(C(=O)C2CC2)CC1. The third-order valence-corrected chi connectivity index (χ3v) is 4.36. The summed E-state index contributed by atoms with van der Waals surface area (Å²) in [5.41, 5.74) is 0. The molecule has 0 spiro atoms. The van der Waals surface area contributed by atoms with Crippen molar-refractivity contribution in [3.63, 3.8) is 0 Å². The van der Waals surface area contributed by atoms with Crippen molar-refractivity contribution < 1.29 is 4.79 Å². The summed E-state index contributed by atoms with van der Waals surface area (Å²) in [5.74, 6) is 2.50. The summed E-state index contributed by atoms with van der Waals surface area (Å²) >= 11 is 0. The van der Waals surface area contributed by atoms with E-state index in [0.717, 1.165) is 57.6 Å². The Balaban J connectivity index is 1.51. The van der Waals surface area contributed by atoms with Crippen LogP contribution < -0.4 is 0 Å². The molecule has 5 nitrogen and oxygen atoms in total. The summed E-state index contributed by atoms with van der Waals surface area (Å²) in [4.78, 5) is 14.1. The van der Waals surface area contributed by atoms with Crippen molar-refractivity contribution in [2.24, 2.45) is 11.8 Å². The molecule has 0 radical (unpaired) electrons. The molecule has 5 heteroatoms. The molecule has 2 fully saturated rings. The predicted octanol–water partition coefficient (Wildman–Crippen LogP) is 1.49. The molecule has 0 N–H and O–H groups in total. The normalized spacial score (nSPS) is 20.8. The summed E-state index contributed by atoms with van der Waals surface area (Å²) in [6.45, 7) is 4.91. The molecule has 0 bridgehead atoms. The highest BCUT2D eigenvalue weighted by Gasteiger charge is 2.34. The Kier molecular flexibility index (Phi) is 3.53. The van der Waals surface area contributed by atoms with Gasteiger partial charge in [-0.05, 0) is 38.5 Å². The van der Waals surface area contributed by atoms with Crippen molar-refractivity contribution >= 4 is 5.91 Å². The molecule has 3 rings (SSSR count). The zero-order chi connectivity index (χ0) is 13.2. The summed E-state index contributed by atoms with van der Waals surface area (Å²) in [6.07, 6.45) is 7.24. The van der Waals surface area contributed by atoms with E-state index < -0.39 is 0 Å². The van der Waals surface area contributed by atoms with E-state index >= 15 is 0 Å². The first-order chi connectivity index (χ1) is 9.28. The molecular formula is C14H22N4O. The van der Waals surface area contributed by atoms with E-state index in [-0.39, 0.29) is 0 Å². The van der Waals surface area contributed by atoms with Gasteiger partial charge in [-0.15, -0.1) is 10.2 Å². The largest absolute Gasteiger partial charge is 0.342 e. The quantitative estimate of drug-likeness (QED) is 0.826. The molecule has 0 unspecified atom stereocenters. The first kappa shape index (κ1) is 12.6. The average molecular weight is 262 g/mol. The molecule has 2 aliphatic rings. The van der Waals surface area contributed by atoms with Gasteiger partial charge < -0.3 is 9.47 Å². The van der Waals surface area contributed by atoms with Crippen LogP contribution in [0.15, 0.2) is 6.33 Å². The lowest BCUT2D eigenvalue weighted by atomic mass is 9.93. The third-order valence-electron chi connectivity index (χ3n) is 4.36. The average Bonchev–Trinajstić information content (AvgIpc) is 3.20. The summed E-state index contributed by atoms with van der Waals surface area (Å²) in [7, 11) is 0. The van der Waals surface area contributed by atoms with Crippen molar-refractivity contribution in [3.05, 3.63) is 12.2 Å². The van der Waals surface area contributed by atoms with Crippen LogP contribution in [-0.4, -0.2) is 38.7 Å². The van der Waals surface area contributed by atoms with Crippen LogP contribution in [0.2, 0.25) is 0 Å². The second kappa shape index (κ2) is 5.31. The minimum Gasteiger partial charge on any atom is -0.342 e. The minimum atomic E-state index is 0.361. The Bertz CT molecular complexity index is 444. The van der Waals surface area contributed by atoms with E-state index in [1.165, 1.54) is 0 Å². The smallest absolute Gasteiger partial charge is 0.225 e. The highest BCUT2D eigenvalue weighted by molar-refractivity contribution is 5.81. The van der Waals surface area contributed by atoms with Crippen LogP contribution in [0.25, 0.3) is 0 Å². The first-order valence-corrected chi connectivity index (χ1v) is 7.43. The van der Waals surface area contributed by atoms with Crippen molar-refractivity contribution in [2.45, 2.75) is 45.6 Å². The lowest BCUT2D eigenvalue weighted by Crippen LogP contribution is -2.39. The van der Waals surface area contributed by atoms with Crippen LogP contribution in [0.1, 0.15) is 38.4 Å². The van der Waals surface area contributed by atoms with Crippen LogP contribution in [-0.2, 0) is 17.8 Å². The standard InChI is InChI=1S/C14H22N4O/c1-2-17-10-15-16-13(17)9-11-5-7-18(8-6-11)14(19)12-3-4-12/h10-12H,2-9H2,1H3. The fraction of sp³-hybridized carbons (Fsp3) is 0.786. The third kappa shape index (κ3) is 2.80. The Morgan fingerprint density at radius 2 is 2.05 bits per heavy atom. The number of hydrogen-bond acceptors (Lipinski definition) is 3. The number of nitrogens with zero attached hydrogens (tertiary/aromatic N) is 4. The van der Waals surface area contributed by atoms with E-state index in [2.05, 4.69) is 26.6 Å². The van der Waals surface area contributed by atoms with Gasteiger partial charge in [0.25, 0.3) is 0 Å². The van der Waals surface area contributed by atoms with Gasteiger partial charge in [-0.1, -0.05) is 0 Å². The monoisotopic (exact) mass is 262 g/mol. The van der Waals surface area contributed by atoms with E-state index in [0.29, 0.717) is 17.7 Å². The summed E-state index contributed by atoms with van der Waals surface area (Å²) < 4.78 is 2.11. The second-order valence-electron chi connectivity index (χ2n) is 5.78. The highest BCUT2D eigenvalue weighted by atomic mass is 16.2. The van der Waals surface area contributed by atoms with Gasteiger partial charge in [-0.25, -0.2) is 0 Å². The zero-order valence-corrected chi connectivity index (χ0v) is 11.6. The van der Waals surface area contributed by atoms with Crippen molar-refractivity contribution in [1.82, 2.24) is 19.7 Å². The van der Waals surface area contributed by atoms with Crippen molar-refractivity contribution in [3.8, 4) is 0 Å². The molecule has 1 amide bonds. The lowest BCUT2D eigenvalue weighted by Gasteiger charge is -2.32. The summed E-state index contributed by atoms with van der Waals surface area (Å²) in [5, 5.41) is 8.19. The van der Waals surface area contributed by atoms with Crippen LogP contribution >= 0.6 is 0 Å². The highest BCUT2D eigenvalue weighted by Crippen LogP contribution is 2.32. The minimum absolute atomic E-state index is 0.361. The van der Waals surface area contributed by atoms with Crippen LogP contribution in [0.4, 0.5) is 0 Å². The molecule has 1 aliphatic heterocycles. The van der Waals surface area contributed by atoms with Crippen molar-refractivity contribution in [2.75, 3.05) is 13.1 Å². The van der Waals surface area contributed by atoms with Gasteiger partial charge in [0.1, 0.15) is 12.2 Å². The van der Waals surface area contributed by atoms with Crippen molar-refractivity contribution in [1.29, 1.82) is 0 Å². The van der Waals surface area contributed by atoms with Gasteiger partial charge in [0, 0.05) is 32.0 Å². The van der Waals surface area contributed by atoms with Crippen LogP contribution in [0.3, 0.4) is 0 Å². The van der Waals surface area contributed by atoms with Crippen LogP contribution in [0.5, 0.6) is 0 Å². The molecule has 1 aromatic heterocycles. The number of aromatic nitrogens is 3. The molecule has 1 aromatic rings. The Morgan fingerprint density at radius 3 is 2.68 bits per heavy atom. The van der Waals surface area contributed by atoms with Crippen LogP contribution in [0, 0.1) is 11.8 Å². The Hall–Kier alpha value is -1.39. The predicted molar refractivity (Wildman–Crippen MR) is 71.4 cm³/mol. The van der Waals surface area contributed by atoms with E-state index in [1.807, 2.05) is 0 Å². The second-order valence-corrected chi connectivity index (χ2v) is 5.78. The van der Waals surface area contributed by atoms with Gasteiger partial charge >= 0.3 is 0 Å². The van der Waals surface area contributed by atoms with Gasteiger partial charge in [0.2, 0.25) is 5.91 Å². The summed E-state index contributed by atoms with van der Waals surface area (Å²) in [6, 6.07) is 0. The molecule has 19 heavy (non-hydrogen) atoms. The molecular weight excluding hydrogens is 240 g/mol. The van der Waals surface area contributed by atoms with E-state index in [1.54, 1.807) is 6.33 Å². The molecule has 1 saturated carbocycles. The number of rotatable bonds is 4. The Labute approximate surface area is 114 Å².